The number of hydrogen-bond donors (Lipinski definition) is 1. The van der Waals surface area contributed by atoms with Gasteiger partial charge in [0.1, 0.15) is 0 Å². The van der Waals surface area contributed by atoms with Crippen molar-refractivity contribution in [3.05, 3.63) is 0 Å². The van der Waals surface area contributed by atoms with Gasteiger partial charge < -0.3 is 10.0 Å². The van der Waals surface area contributed by atoms with Crippen LogP contribution in [0, 0.1) is 11.8 Å². The Bertz CT molecular complexity index is 390. The Kier molecular flexibility index (Phi) is 7.60. The van der Waals surface area contributed by atoms with Crippen molar-refractivity contribution < 1.29 is 13.5 Å². The second-order valence-electron chi connectivity index (χ2n) is 6.67. The Morgan fingerprint density at radius 2 is 1.86 bits per heavy atom. The molecule has 1 aliphatic heterocycles. The van der Waals surface area contributed by atoms with Gasteiger partial charge in [0.25, 0.3) is 0 Å². The number of aliphatic hydroxyl groups is 1. The SMILES string of the molecule is CC[C@H](C)CS(=O)(=O)N(C)CC1CCN(C[C@H](C)O)CC1. The third-order valence-electron chi connectivity index (χ3n) is 4.41. The average molecular weight is 320 g/mol. The standard InChI is InChI=1S/C15H32N2O3S/c1-5-13(2)12-21(19,20)16(4)11-15-6-8-17(9-7-15)10-14(3)18/h13-15,18H,5-12H2,1-4H3/t13-,14-/m0/s1. The van der Waals surface area contributed by atoms with Crippen LogP contribution in [0.1, 0.15) is 40.0 Å². The van der Waals surface area contributed by atoms with E-state index in [0.717, 1.165) is 38.9 Å². The van der Waals surface area contributed by atoms with E-state index in [1.807, 2.05) is 13.8 Å². The van der Waals surface area contributed by atoms with Crippen LogP contribution in [0.5, 0.6) is 0 Å². The van der Waals surface area contributed by atoms with Gasteiger partial charge in [-0.15, -0.1) is 0 Å². The van der Waals surface area contributed by atoms with E-state index >= 15 is 0 Å². The molecule has 0 bridgehead atoms. The fourth-order valence-electron chi connectivity index (χ4n) is 2.81. The predicted octanol–water partition coefficient (Wildman–Crippen LogP) is 1.39. The van der Waals surface area contributed by atoms with Crippen molar-refractivity contribution >= 4 is 10.0 Å². The van der Waals surface area contributed by atoms with Crippen LogP contribution >= 0.6 is 0 Å². The van der Waals surface area contributed by atoms with Crippen molar-refractivity contribution in [3.63, 3.8) is 0 Å². The Morgan fingerprint density at radius 3 is 2.33 bits per heavy atom. The zero-order chi connectivity index (χ0) is 16.0. The van der Waals surface area contributed by atoms with Crippen molar-refractivity contribution in [2.75, 3.05) is 39.0 Å². The summed E-state index contributed by atoms with van der Waals surface area (Å²) in [6.07, 6.45) is 2.62. The lowest BCUT2D eigenvalue weighted by atomic mass is 9.97. The molecule has 1 heterocycles. The first-order valence-electron chi connectivity index (χ1n) is 8.09. The van der Waals surface area contributed by atoms with Crippen molar-refractivity contribution in [3.8, 4) is 0 Å². The molecule has 6 heteroatoms. The summed E-state index contributed by atoms with van der Waals surface area (Å²) in [6.45, 7) is 9.07. The topological polar surface area (TPSA) is 60.9 Å². The molecule has 0 aromatic carbocycles. The molecule has 0 aliphatic carbocycles. The average Bonchev–Trinajstić information content (AvgIpc) is 2.39. The van der Waals surface area contributed by atoms with Crippen LogP contribution in [0.4, 0.5) is 0 Å². The van der Waals surface area contributed by atoms with Gasteiger partial charge in [-0.2, -0.15) is 0 Å². The number of piperidine rings is 1. The van der Waals surface area contributed by atoms with Gasteiger partial charge in [-0.25, -0.2) is 12.7 Å². The molecule has 0 aromatic heterocycles. The van der Waals surface area contributed by atoms with Crippen LogP contribution in [0.15, 0.2) is 0 Å². The molecule has 0 radical (unpaired) electrons. The molecule has 1 rings (SSSR count). The summed E-state index contributed by atoms with van der Waals surface area (Å²) in [4.78, 5) is 2.26. The minimum Gasteiger partial charge on any atom is -0.392 e. The molecular weight excluding hydrogens is 288 g/mol. The molecule has 0 aromatic rings. The highest BCUT2D eigenvalue weighted by atomic mass is 32.2. The fraction of sp³-hybridized carbons (Fsp3) is 1.00. The first-order valence-corrected chi connectivity index (χ1v) is 9.70. The maximum absolute atomic E-state index is 12.3. The highest BCUT2D eigenvalue weighted by molar-refractivity contribution is 7.89. The van der Waals surface area contributed by atoms with Crippen LogP contribution in [0.2, 0.25) is 0 Å². The number of β-amino-alcohol motifs (C(OH)–C–C–N with tert-alkyl or cyclic N) is 1. The van der Waals surface area contributed by atoms with E-state index in [0.29, 0.717) is 12.5 Å². The van der Waals surface area contributed by atoms with E-state index in [1.165, 1.54) is 0 Å². The molecule has 5 nitrogen and oxygen atoms in total. The zero-order valence-electron chi connectivity index (χ0n) is 14.0. The van der Waals surface area contributed by atoms with E-state index in [9.17, 15) is 13.5 Å². The molecule has 126 valence electrons. The molecule has 0 saturated carbocycles. The Balaban J connectivity index is 2.41. The molecule has 0 spiro atoms. The molecule has 1 N–H and O–H groups in total. The summed E-state index contributed by atoms with van der Waals surface area (Å²) < 4.78 is 26.1. The monoisotopic (exact) mass is 320 g/mol. The molecule has 0 unspecified atom stereocenters. The number of aliphatic hydroxyl groups excluding tert-OH is 1. The van der Waals surface area contributed by atoms with Crippen molar-refractivity contribution in [2.24, 2.45) is 11.8 Å². The summed E-state index contributed by atoms with van der Waals surface area (Å²) in [6, 6.07) is 0. The smallest absolute Gasteiger partial charge is 0.214 e. The molecule has 1 aliphatic rings. The largest absolute Gasteiger partial charge is 0.392 e. The number of hydrogen-bond acceptors (Lipinski definition) is 4. The number of rotatable bonds is 8. The molecule has 0 amide bonds. The fourth-order valence-corrected chi connectivity index (χ4v) is 4.45. The maximum atomic E-state index is 12.3. The zero-order valence-corrected chi connectivity index (χ0v) is 14.8. The lowest BCUT2D eigenvalue weighted by Crippen LogP contribution is -2.42. The van der Waals surface area contributed by atoms with Gasteiger partial charge in [0.2, 0.25) is 10.0 Å². The summed E-state index contributed by atoms with van der Waals surface area (Å²) in [5.74, 6) is 0.901. The van der Waals surface area contributed by atoms with Gasteiger partial charge >= 0.3 is 0 Å². The highest BCUT2D eigenvalue weighted by Crippen LogP contribution is 2.20. The minimum atomic E-state index is -3.12. The number of nitrogens with zero attached hydrogens (tertiary/aromatic N) is 2. The molecular formula is C15H32N2O3S. The predicted molar refractivity (Wildman–Crippen MR) is 86.7 cm³/mol. The van der Waals surface area contributed by atoms with E-state index in [2.05, 4.69) is 4.90 Å². The van der Waals surface area contributed by atoms with Crippen LogP contribution in [-0.4, -0.2) is 67.8 Å². The quantitative estimate of drug-likeness (QED) is 0.734. The van der Waals surface area contributed by atoms with Crippen LogP contribution in [0.3, 0.4) is 0 Å². The van der Waals surface area contributed by atoms with E-state index in [4.69, 9.17) is 0 Å². The molecule has 2 atom stereocenters. The van der Waals surface area contributed by atoms with Gasteiger partial charge in [-0.05, 0) is 44.7 Å². The van der Waals surface area contributed by atoms with Crippen LogP contribution < -0.4 is 0 Å². The lowest BCUT2D eigenvalue weighted by molar-refractivity contribution is 0.0972. The summed E-state index contributed by atoms with van der Waals surface area (Å²) >= 11 is 0. The summed E-state index contributed by atoms with van der Waals surface area (Å²) in [7, 11) is -1.42. The number of sulfonamides is 1. The van der Waals surface area contributed by atoms with Crippen LogP contribution in [-0.2, 0) is 10.0 Å². The Morgan fingerprint density at radius 1 is 1.29 bits per heavy atom. The normalized spacial score (nSPS) is 21.6. The molecule has 21 heavy (non-hydrogen) atoms. The molecule has 1 fully saturated rings. The van der Waals surface area contributed by atoms with Gasteiger partial charge in [0.15, 0.2) is 0 Å². The van der Waals surface area contributed by atoms with Gasteiger partial charge in [-0.3, -0.25) is 0 Å². The summed E-state index contributed by atoms with van der Waals surface area (Å²) in [5.41, 5.74) is 0. The van der Waals surface area contributed by atoms with Gasteiger partial charge in [0.05, 0.1) is 11.9 Å². The van der Waals surface area contributed by atoms with E-state index in [1.54, 1.807) is 18.3 Å². The first kappa shape index (κ1) is 18.9. The minimum absolute atomic E-state index is 0.213. The highest BCUT2D eigenvalue weighted by Gasteiger charge is 2.26. The van der Waals surface area contributed by atoms with Gasteiger partial charge in [0, 0.05) is 20.1 Å². The van der Waals surface area contributed by atoms with Gasteiger partial charge in [-0.1, -0.05) is 20.3 Å². The summed E-state index contributed by atoms with van der Waals surface area (Å²) in [5, 5.41) is 9.40. The third-order valence-corrected chi connectivity index (χ3v) is 6.50. The van der Waals surface area contributed by atoms with Crippen molar-refractivity contribution in [1.29, 1.82) is 0 Å². The Hall–Kier alpha value is -0.170. The van der Waals surface area contributed by atoms with E-state index in [-0.39, 0.29) is 17.8 Å². The third kappa shape index (κ3) is 6.63. The molecule has 1 saturated heterocycles. The van der Waals surface area contributed by atoms with Crippen molar-refractivity contribution in [1.82, 2.24) is 9.21 Å². The maximum Gasteiger partial charge on any atom is 0.214 e. The van der Waals surface area contributed by atoms with E-state index < -0.39 is 10.0 Å². The first-order chi connectivity index (χ1) is 9.74. The Labute approximate surface area is 130 Å². The van der Waals surface area contributed by atoms with Crippen molar-refractivity contribution in [2.45, 2.75) is 46.1 Å². The lowest BCUT2D eigenvalue weighted by Gasteiger charge is -2.34. The second kappa shape index (κ2) is 8.46. The second-order valence-corrected chi connectivity index (χ2v) is 8.79. The number of likely N-dealkylation sites (tertiary alicyclic amines) is 1. The van der Waals surface area contributed by atoms with Crippen LogP contribution in [0.25, 0.3) is 0 Å².